The second-order valence-corrected chi connectivity index (χ2v) is 19.6. The van der Waals surface area contributed by atoms with E-state index in [4.69, 9.17) is 17.2 Å². The number of aliphatic hydroxyl groups is 2. The molecule has 1 aliphatic heterocycles. The molecule has 1 aromatic rings. The Morgan fingerprint density at radius 2 is 1.51 bits per heavy atom. The number of carbonyl (C=O) groups excluding carboxylic acids is 11. The normalized spacial score (nSPS) is 21.8. The summed E-state index contributed by atoms with van der Waals surface area (Å²) >= 11 is 0. The predicted octanol–water partition coefficient (Wildman–Crippen LogP) is 0.617. The van der Waals surface area contributed by atoms with Crippen LogP contribution in [0.4, 0.5) is 0 Å². The summed E-state index contributed by atoms with van der Waals surface area (Å²) in [5, 5.41) is 34.3. The van der Waals surface area contributed by atoms with Crippen LogP contribution in [-0.2, 0) is 59.2 Å². The Bertz CT molecular complexity index is 2110. The molecule has 0 aliphatic carbocycles. The van der Waals surface area contributed by atoms with Crippen molar-refractivity contribution in [2.45, 2.75) is 186 Å². The van der Waals surface area contributed by atoms with Crippen LogP contribution in [0.3, 0.4) is 0 Å². The maximum Gasteiger partial charge on any atom is 0.243 e. The Morgan fingerprint density at radius 1 is 0.813 bits per heavy atom. The number of amides is 5. The summed E-state index contributed by atoms with van der Waals surface area (Å²) in [5.74, 6) is -9.84. The van der Waals surface area contributed by atoms with Crippen LogP contribution >= 0.6 is 0 Å². The van der Waals surface area contributed by atoms with Gasteiger partial charge in [0.05, 0.1) is 30.7 Å². The number of unbranched alkanes of at least 4 members (excludes halogenated alkanes) is 2. The van der Waals surface area contributed by atoms with Gasteiger partial charge in [-0.1, -0.05) is 50.1 Å². The highest BCUT2D eigenvalue weighted by Gasteiger charge is 2.35. The first-order valence-corrected chi connectivity index (χ1v) is 26.3. The van der Waals surface area contributed by atoms with E-state index in [9.17, 15) is 63.0 Å². The SMILES string of the molecule is CCC(=O)CCCCC[C@H](N)C(=O)CCC(=O)N[C@H]1CCCCNC(=O)CC[C@@H](C(=O)C[C@H](C(C)=O)[C@@H](C)O)CC(=O)[C@H]([C@@H](C)O)CC(=O)CNC(=O)[C@H](Cc2ccccc2)NC(=O)[C@H](CCCN=C(N)N)NC1=O. The third-order valence-corrected chi connectivity index (χ3v) is 13.3. The Kier molecular flexibility index (Phi) is 30.3. The second kappa shape index (κ2) is 35.1. The zero-order valence-electron chi connectivity index (χ0n) is 44.2. The van der Waals surface area contributed by atoms with Crippen molar-refractivity contribution < 1.29 is 63.0 Å². The van der Waals surface area contributed by atoms with Crippen LogP contribution in [0.1, 0.15) is 149 Å². The van der Waals surface area contributed by atoms with Crippen LogP contribution in [0, 0.1) is 17.8 Å². The summed E-state index contributed by atoms with van der Waals surface area (Å²) < 4.78 is 0. The molecule has 22 nitrogen and oxygen atoms in total. The Labute approximate surface area is 440 Å². The highest BCUT2D eigenvalue weighted by molar-refractivity contribution is 5.97. The summed E-state index contributed by atoms with van der Waals surface area (Å²) in [6.45, 7) is 5.19. The van der Waals surface area contributed by atoms with Gasteiger partial charge in [0.2, 0.25) is 29.5 Å². The van der Waals surface area contributed by atoms with E-state index in [2.05, 4.69) is 31.6 Å². The first-order valence-electron chi connectivity index (χ1n) is 26.3. The molecule has 0 radical (unpaired) electrons. The number of Topliss-reactive ketones (excluding diaryl/α,β-unsaturated/α-hetero) is 6. The van der Waals surface area contributed by atoms with Gasteiger partial charge in [0, 0.05) is 82.7 Å². The summed E-state index contributed by atoms with van der Waals surface area (Å²) in [5.41, 5.74) is 17.8. The first kappa shape index (κ1) is 64.9. The van der Waals surface area contributed by atoms with Crippen molar-refractivity contribution in [3.05, 3.63) is 35.9 Å². The van der Waals surface area contributed by atoms with Gasteiger partial charge in [0.1, 0.15) is 47.0 Å². The van der Waals surface area contributed by atoms with Crippen molar-refractivity contribution in [2.75, 3.05) is 19.6 Å². The maximum atomic E-state index is 14.2. The van der Waals surface area contributed by atoms with Gasteiger partial charge in [-0.15, -0.1) is 0 Å². The number of guanidine groups is 1. The third-order valence-electron chi connectivity index (χ3n) is 13.3. The van der Waals surface area contributed by atoms with Gasteiger partial charge < -0.3 is 54.0 Å². The largest absolute Gasteiger partial charge is 0.393 e. The van der Waals surface area contributed by atoms with Crippen LogP contribution in [0.15, 0.2) is 35.3 Å². The lowest BCUT2D eigenvalue weighted by atomic mass is 9.81. The average molecular weight is 1050 g/mol. The summed E-state index contributed by atoms with van der Waals surface area (Å²) in [4.78, 5) is 151. The van der Waals surface area contributed by atoms with Gasteiger partial charge in [-0.2, -0.15) is 0 Å². The van der Waals surface area contributed by atoms with Crippen molar-refractivity contribution in [1.29, 1.82) is 0 Å². The molecule has 75 heavy (non-hydrogen) atoms. The number of benzene rings is 1. The van der Waals surface area contributed by atoms with E-state index in [1.54, 1.807) is 37.3 Å². The molecule has 22 heteroatoms. The summed E-state index contributed by atoms with van der Waals surface area (Å²) in [6.07, 6.45) is -1.04. The molecule has 9 atom stereocenters. The van der Waals surface area contributed by atoms with Crippen molar-refractivity contribution in [1.82, 2.24) is 26.6 Å². The molecular weight excluding hydrogens is 971 g/mol. The van der Waals surface area contributed by atoms with Crippen LogP contribution in [0.2, 0.25) is 0 Å². The monoisotopic (exact) mass is 1050 g/mol. The number of hydrogen-bond donors (Lipinski definition) is 10. The quantitative estimate of drug-likeness (QED) is 0.0385. The maximum absolute atomic E-state index is 14.2. The number of rotatable bonds is 24. The zero-order chi connectivity index (χ0) is 56.0. The number of aliphatic hydroxyl groups excluding tert-OH is 2. The second-order valence-electron chi connectivity index (χ2n) is 19.6. The standard InChI is InChI=1S/C53H83N9O13/c1-5-37(66)17-10-7-11-18-41(54)45(68)22-24-49(72)60-42-19-12-13-25-57-48(71)23-21-36(46(69)30-39(32(2)63)33(3)64)28-47(70)40(34(4)65)29-38(67)31-59-50(73)44(27-35-15-8-6-9-16-35)62-52(75)43(61-51(42)74)20-14-26-58-53(55)56/h6,8-9,15-16,32,34,36,39-44,63,65H,5,7,10-14,17-31,54H2,1-4H3,(H,57,71)(H,59,73)(H,60,72)(H,61,74)(H,62,75)(H4,55,56,58)/t32-,34-,36-,39+,40+,41+,42+,43+,44+/m1/s1. The van der Waals surface area contributed by atoms with E-state index < -0.39 is 133 Å². The Hall–Kier alpha value is -6.26. The minimum absolute atomic E-state index is 0.000569. The van der Waals surface area contributed by atoms with Gasteiger partial charge >= 0.3 is 0 Å². The molecule has 0 unspecified atom stereocenters. The number of nitrogens with two attached hydrogens (primary N) is 3. The van der Waals surface area contributed by atoms with E-state index in [0.29, 0.717) is 44.1 Å². The number of ketones is 6. The zero-order valence-corrected chi connectivity index (χ0v) is 44.2. The molecule has 0 saturated carbocycles. The smallest absolute Gasteiger partial charge is 0.243 e. The van der Waals surface area contributed by atoms with Crippen molar-refractivity contribution >= 4 is 70.2 Å². The Balaban J connectivity index is 2.50. The van der Waals surface area contributed by atoms with Gasteiger partial charge in [-0.3, -0.25) is 57.7 Å². The van der Waals surface area contributed by atoms with Crippen molar-refractivity contribution in [2.24, 2.45) is 39.9 Å². The average Bonchev–Trinajstić information content (AvgIpc) is 3.36. The van der Waals surface area contributed by atoms with Gasteiger partial charge in [0.25, 0.3) is 0 Å². The molecule has 0 bridgehead atoms. The number of nitrogens with zero attached hydrogens (tertiary/aromatic N) is 1. The highest BCUT2D eigenvalue weighted by atomic mass is 16.3. The Morgan fingerprint density at radius 3 is 2.15 bits per heavy atom. The fraction of sp³-hybridized carbons (Fsp3) is 0.660. The van der Waals surface area contributed by atoms with E-state index >= 15 is 0 Å². The minimum atomic E-state index is -1.38. The van der Waals surface area contributed by atoms with E-state index in [0.717, 1.165) is 0 Å². The van der Waals surface area contributed by atoms with Crippen LogP contribution in [-0.4, -0.2) is 136 Å². The van der Waals surface area contributed by atoms with Crippen LogP contribution in [0.5, 0.6) is 0 Å². The highest BCUT2D eigenvalue weighted by Crippen LogP contribution is 2.25. The summed E-state index contributed by atoms with van der Waals surface area (Å²) in [6, 6.07) is 3.89. The molecule has 418 valence electrons. The molecule has 1 heterocycles. The predicted molar refractivity (Wildman–Crippen MR) is 279 cm³/mol. The van der Waals surface area contributed by atoms with Gasteiger partial charge in [-0.25, -0.2) is 0 Å². The molecule has 0 aromatic heterocycles. The molecule has 1 fully saturated rings. The molecular formula is C53H83N9O13. The molecule has 5 amide bonds. The first-order chi connectivity index (χ1) is 35.5. The van der Waals surface area contributed by atoms with Crippen LogP contribution < -0.4 is 43.8 Å². The fourth-order valence-electron chi connectivity index (χ4n) is 8.62. The fourth-order valence-corrected chi connectivity index (χ4v) is 8.62. The molecule has 1 aliphatic rings. The van der Waals surface area contributed by atoms with E-state index in [-0.39, 0.29) is 94.8 Å². The lowest BCUT2D eigenvalue weighted by Crippen LogP contribution is -2.57. The van der Waals surface area contributed by atoms with E-state index in [1.807, 2.05) is 0 Å². The molecule has 1 saturated heterocycles. The summed E-state index contributed by atoms with van der Waals surface area (Å²) in [7, 11) is 0. The number of hydrogen-bond acceptors (Lipinski definition) is 15. The van der Waals surface area contributed by atoms with Gasteiger partial charge in [0.15, 0.2) is 11.7 Å². The van der Waals surface area contributed by atoms with Crippen molar-refractivity contribution in [3.63, 3.8) is 0 Å². The number of carbonyl (C=O) groups is 11. The molecule has 1 aromatic carbocycles. The molecule has 2 rings (SSSR count). The lowest BCUT2D eigenvalue weighted by Gasteiger charge is -2.26. The topological polar surface area (TPSA) is 379 Å². The van der Waals surface area contributed by atoms with Crippen molar-refractivity contribution in [3.8, 4) is 0 Å². The third kappa shape index (κ3) is 26.2. The van der Waals surface area contributed by atoms with E-state index in [1.165, 1.54) is 20.8 Å². The lowest BCUT2D eigenvalue weighted by molar-refractivity contribution is -0.136. The number of nitrogens with one attached hydrogen (secondary N) is 5. The number of aliphatic imine (C=N–C) groups is 1. The molecule has 13 N–H and O–H groups in total. The van der Waals surface area contributed by atoms with Crippen LogP contribution in [0.25, 0.3) is 0 Å². The minimum Gasteiger partial charge on any atom is -0.393 e. The van der Waals surface area contributed by atoms with Gasteiger partial charge in [-0.05, 0) is 77.7 Å². The molecule has 0 spiro atoms.